The Kier molecular flexibility index (Phi) is 11.1. The molecule has 0 amide bonds. The first-order chi connectivity index (χ1) is 18.7. The minimum absolute atomic E-state index is 0.00740. The summed E-state index contributed by atoms with van der Waals surface area (Å²) in [5.41, 5.74) is 1.69. The monoisotopic (exact) mass is 542 g/mol. The van der Waals surface area contributed by atoms with E-state index in [0.717, 1.165) is 38.5 Å². The lowest BCUT2D eigenvalue weighted by Crippen LogP contribution is -2.62. The third-order valence-electron chi connectivity index (χ3n) is 12.3. The maximum Gasteiger partial charge on any atom is 0.305 e. The summed E-state index contributed by atoms with van der Waals surface area (Å²) in [6.07, 6.45) is 26.7. The van der Waals surface area contributed by atoms with E-state index in [2.05, 4.69) is 27.4 Å². The molecule has 0 aromatic rings. The van der Waals surface area contributed by atoms with Gasteiger partial charge < -0.3 is 9.84 Å². The first-order valence-corrected chi connectivity index (χ1v) is 17.3. The Bertz CT molecular complexity index is 805. The molecule has 0 heterocycles. The van der Waals surface area contributed by atoms with E-state index in [4.69, 9.17) is 4.74 Å². The zero-order valence-corrected chi connectivity index (χ0v) is 26.0. The largest absolute Gasteiger partial charge is 0.465 e. The fourth-order valence-electron chi connectivity index (χ4n) is 10.2. The molecule has 3 nitrogen and oxygen atoms in total. The molecular formula is C36H62O3. The average Bonchev–Trinajstić information content (AvgIpc) is 3.16. The van der Waals surface area contributed by atoms with Gasteiger partial charge in [-0.1, -0.05) is 116 Å². The van der Waals surface area contributed by atoms with Crippen LogP contribution in [0.25, 0.3) is 0 Å². The Labute approximate surface area is 241 Å². The van der Waals surface area contributed by atoms with Crippen molar-refractivity contribution in [3.63, 3.8) is 0 Å². The molecule has 0 aromatic heterocycles. The molecule has 0 saturated heterocycles. The molecule has 7 atom stereocenters. The van der Waals surface area contributed by atoms with Gasteiger partial charge in [0.25, 0.3) is 0 Å². The SMILES string of the molecule is C=C1CC23CC1CCC2C1(C)CCCC(C)(COC(=O)CCCCCCCCCCCCCCC)C1CC3O. The normalized spacial score (nSPS) is 37.4. The van der Waals surface area contributed by atoms with Gasteiger partial charge >= 0.3 is 5.97 Å². The molecule has 0 aromatic carbocycles. The van der Waals surface area contributed by atoms with Crippen molar-refractivity contribution in [2.45, 2.75) is 168 Å². The molecule has 4 aliphatic rings. The maximum atomic E-state index is 12.7. The van der Waals surface area contributed by atoms with Crippen LogP contribution < -0.4 is 0 Å². The summed E-state index contributed by atoms with van der Waals surface area (Å²) in [6, 6.07) is 0. The molecule has 4 aliphatic carbocycles. The van der Waals surface area contributed by atoms with Crippen LogP contribution in [0.2, 0.25) is 0 Å². The lowest BCUT2D eigenvalue weighted by atomic mass is 9.40. The molecule has 0 aliphatic heterocycles. The second kappa shape index (κ2) is 13.9. The van der Waals surface area contributed by atoms with Crippen molar-refractivity contribution in [3.05, 3.63) is 12.2 Å². The number of allylic oxidation sites excluding steroid dienone is 1. The Morgan fingerprint density at radius 2 is 1.51 bits per heavy atom. The van der Waals surface area contributed by atoms with Gasteiger partial charge in [0.05, 0.1) is 12.7 Å². The fourth-order valence-corrected chi connectivity index (χ4v) is 10.2. The van der Waals surface area contributed by atoms with Crippen molar-refractivity contribution in [1.29, 1.82) is 0 Å². The number of aliphatic hydroxyl groups excluding tert-OH is 1. The highest BCUT2D eigenvalue weighted by Gasteiger charge is 2.66. The van der Waals surface area contributed by atoms with Crippen molar-refractivity contribution in [3.8, 4) is 0 Å². The predicted octanol–water partition coefficient (Wildman–Crippen LogP) is 9.95. The summed E-state index contributed by atoms with van der Waals surface area (Å²) in [5.74, 6) is 1.64. The summed E-state index contributed by atoms with van der Waals surface area (Å²) in [7, 11) is 0. The van der Waals surface area contributed by atoms with Gasteiger partial charge in [-0.05, 0) is 74.5 Å². The van der Waals surface area contributed by atoms with Crippen LogP contribution in [-0.4, -0.2) is 23.8 Å². The third-order valence-corrected chi connectivity index (χ3v) is 12.3. The van der Waals surface area contributed by atoms with Gasteiger partial charge in [0.15, 0.2) is 0 Å². The quantitative estimate of drug-likeness (QED) is 0.120. The molecule has 4 rings (SSSR count). The number of hydrogen-bond donors (Lipinski definition) is 1. The summed E-state index contributed by atoms with van der Waals surface area (Å²) in [6.45, 7) is 12.1. The van der Waals surface area contributed by atoms with Gasteiger partial charge in [-0.25, -0.2) is 0 Å². The van der Waals surface area contributed by atoms with E-state index >= 15 is 0 Å². The van der Waals surface area contributed by atoms with E-state index in [9.17, 15) is 9.90 Å². The maximum absolute atomic E-state index is 12.7. The van der Waals surface area contributed by atoms with E-state index in [0.29, 0.717) is 30.8 Å². The van der Waals surface area contributed by atoms with E-state index in [-0.39, 0.29) is 28.3 Å². The first kappa shape index (κ1) is 31.1. The molecule has 224 valence electrons. The zero-order valence-electron chi connectivity index (χ0n) is 26.0. The Morgan fingerprint density at radius 3 is 2.15 bits per heavy atom. The van der Waals surface area contributed by atoms with E-state index in [1.165, 1.54) is 102 Å². The van der Waals surface area contributed by atoms with Crippen LogP contribution >= 0.6 is 0 Å². The van der Waals surface area contributed by atoms with Crippen LogP contribution in [0.3, 0.4) is 0 Å². The molecule has 0 radical (unpaired) electrons. The number of fused-ring (bicyclic) bond motifs is 3. The molecule has 2 bridgehead atoms. The second-order valence-corrected chi connectivity index (χ2v) is 15.1. The number of esters is 1. The summed E-state index contributed by atoms with van der Waals surface area (Å²) >= 11 is 0. The second-order valence-electron chi connectivity index (χ2n) is 15.1. The van der Waals surface area contributed by atoms with Gasteiger partial charge in [0, 0.05) is 17.3 Å². The predicted molar refractivity (Wildman–Crippen MR) is 162 cm³/mol. The number of ether oxygens (including phenoxy) is 1. The number of hydrogen-bond acceptors (Lipinski definition) is 3. The van der Waals surface area contributed by atoms with Gasteiger partial charge in [-0.2, -0.15) is 0 Å². The van der Waals surface area contributed by atoms with E-state index in [1.807, 2.05) is 0 Å². The highest BCUT2D eigenvalue weighted by Crippen LogP contribution is 2.72. The van der Waals surface area contributed by atoms with Crippen LogP contribution in [-0.2, 0) is 9.53 Å². The first-order valence-electron chi connectivity index (χ1n) is 17.3. The smallest absolute Gasteiger partial charge is 0.305 e. The molecule has 39 heavy (non-hydrogen) atoms. The van der Waals surface area contributed by atoms with Crippen molar-refractivity contribution in [2.75, 3.05) is 6.61 Å². The number of carbonyl (C=O) groups excluding carboxylic acids is 1. The van der Waals surface area contributed by atoms with Crippen molar-refractivity contribution in [2.24, 2.45) is 34.0 Å². The highest BCUT2D eigenvalue weighted by molar-refractivity contribution is 5.69. The standard InChI is InChI=1S/C36H62O3/c1-5-6-7-8-9-10-11-12-13-14-15-16-17-19-33(38)39-27-34(3)22-18-23-35(4)30-21-20-29-26-36(30,25-28(29)2)32(37)24-31(34)35/h29-32,37H,2,5-27H2,1,3-4H3. The van der Waals surface area contributed by atoms with Crippen molar-refractivity contribution in [1.82, 2.24) is 0 Å². The molecular weight excluding hydrogens is 480 g/mol. The Morgan fingerprint density at radius 1 is 0.897 bits per heavy atom. The highest BCUT2D eigenvalue weighted by atomic mass is 16.5. The molecule has 4 saturated carbocycles. The summed E-state index contributed by atoms with van der Waals surface area (Å²) in [5, 5.41) is 11.6. The van der Waals surface area contributed by atoms with Gasteiger partial charge in [-0.15, -0.1) is 0 Å². The molecule has 7 unspecified atom stereocenters. The Hall–Kier alpha value is -0.830. The Balaban J connectivity index is 1.14. The van der Waals surface area contributed by atoms with Crippen molar-refractivity contribution >= 4 is 5.97 Å². The van der Waals surface area contributed by atoms with Crippen LogP contribution in [0.4, 0.5) is 0 Å². The van der Waals surface area contributed by atoms with Gasteiger partial charge in [0.2, 0.25) is 0 Å². The zero-order chi connectivity index (χ0) is 27.9. The van der Waals surface area contributed by atoms with E-state index < -0.39 is 0 Å². The molecule has 1 N–H and O–H groups in total. The van der Waals surface area contributed by atoms with Crippen molar-refractivity contribution < 1.29 is 14.6 Å². The lowest BCUT2D eigenvalue weighted by Gasteiger charge is -2.65. The van der Waals surface area contributed by atoms with Gasteiger partial charge in [-0.3, -0.25) is 4.79 Å². The number of unbranched alkanes of at least 4 members (excludes halogenated alkanes) is 12. The minimum Gasteiger partial charge on any atom is -0.465 e. The lowest BCUT2D eigenvalue weighted by molar-refractivity contribution is -0.209. The number of aliphatic hydroxyl groups is 1. The van der Waals surface area contributed by atoms with E-state index in [1.54, 1.807) is 0 Å². The fraction of sp³-hybridized carbons (Fsp3) is 0.917. The third kappa shape index (κ3) is 6.98. The molecule has 1 spiro atoms. The average molecular weight is 543 g/mol. The van der Waals surface area contributed by atoms with Crippen LogP contribution in [0.5, 0.6) is 0 Å². The summed E-state index contributed by atoms with van der Waals surface area (Å²) < 4.78 is 6.00. The van der Waals surface area contributed by atoms with Crippen LogP contribution in [0.1, 0.15) is 162 Å². The van der Waals surface area contributed by atoms with Gasteiger partial charge in [0.1, 0.15) is 0 Å². The number of carbonyl (C=O) groups is 1. The number of rotatable bonds is 16. The topological polar surface area (TPSA) is 46.5 Å². The van der Waals surface area contributed by atoms with Crippen LogP contribution in [0, 0.1) is 34.0 Å². The molecule has 4 fully saturated rings. The molecule has 3 heteroatoms. The van der Waals surface area contributed by atoms with Crippen LogP contribution in [0.15, 0.2) is 12.2 Å². The summed E-state index contributed by atoms with van der Waals surface area (Å²) in [4.78, 5) is 12.7. The minimum atomic E-state index is -0.235.